The first-order valence-electron chi connectivity index (χ1n) is 9.83. The molecule has 2 N–H and O–H groups in total. The third-order valence-electron chi connectivity index (χ3n) is 6.22. The van der Waals surface area contributed by atoms with Gasteiger partial charge in [-0.1, -0.05) is 78.9 Å². The van der Waals surface area contributed by atoms with Crippen LogP contribution in [0.1, 0.15) is 33.4 Å². The van der Waals surface area contributed by atoms with E-state index in [1.165, 1.54) is 11.1 Å². The van der Waals surface area contributed by atoms with Crippen molar-refractivity contribution >= 4 is 0 Å². The van der Waals surface area contributed by atoms with E-state index in [0.29, 0.717) is 5.75 Å². The minimum Gasteiger partial charge on any atom is -0.508 e. The number of phenolic OH excluding ortho intramolecular Hbond substituents is 2. The van der Waals surface area contributed by atoms with Gasteiger partial charge in [-0.25, -0.2) is 0 Å². The molecule has 0 saturated heterocycles. The quantitative estimate of drug-likeness (QED) is 0.391. The van der Waals surface area contributed by atoms with Crippen molar-refractivity contribution in [3.8, 4) is 22.6 Å². The molecule has 2 heteroatoms. The molecule has 29 heavy (non-hydrogen) atoms. The normalized spacial score (nSPS) is 13.7. The maximum absolute atomic E-state index is 11.2. The van der Waals surface area contributed by atoms with E-state index in [-0.39, 0.29) is 5.75 Å². The van der Waals surface area contributed by atoms with Gasteiger partial charge >= 0.3 is 0 Å². The highest BCUT2D eigenvalue weighted by molar-refractivity contribution is 5.87. The van der Waals surface area contributed by atoms with E-state index in [1.807, 2.05) is 44.2 Å². The first-order valence-corrected chi connectivity index (χ1v) is 9.83. The first kappa shape index (κ1) is 17.6. The summed E-state index contributed by atoms with van der Waals surface area (Å²) in [5.74, 6) is 0.585. The number of hydrogen-bond donors (Lipinski definition) is 2. The summed E-state index contributed by atoms with van der Waals surface area (Å²) in [6.07, 6.45) is 0. The highest BCUT2D eigenvalue weighted by Gasteiger charge is 2.47. The van der Waals surface area contributed by atoms with Gasteiger partial charge in [0.2, 0.25) is 0 Å². The molecule has 0 atom stereocenters. The summed E-state index contributed by atoms with van der Waals surface area (Å²) in [5, 5.41) is 21.4. The standard InChI is InChI=1S/C27H22O2/c1-17-8-7-13-24(26(17)29)27(19-14-15-25(28)18(2)16-19)22-11-5-3-9-20(22)21-10-4-6-12-23(21)27/h3-16,28-29H,1-2H3. The third kappa shape index (κ3) is 2.29. The Morgan fingerprint density at radius 3 is 1.79 bits per heavy atom. The second kappa shape index (κ2) is 6.25. The molecule has 0 saturated carbocycles. The molecule has 4 aromatic carbocycles. The van der Waals surface area contributed by atoms with E-state index in [4.69, 9.17) is 0 Å². The average molecular weight is 378 g/mol. The van der Waals surface area contributed by atoms with Crippen molar-refractivity contribution in [2.45, 2.75) is 19.3 Å². The van der Waals surface area contributed by atoms with Crippen LogP contribution in [0.5, 0.6) is 11.5 Å². The first-order chi connectivity index (χ1) is 14.0. The lowest BCUT2D eigenvalue weighted by atomic mass is 9.67. The monoisotopic (exact) mass is 378 g/mol. The van der Waals surface area contributed by atoms with Crippen LogP contribution in [-0.2, 0) is 5.41 Å². The maximum atomic E-state index is 11.2. The molecule has 4 aromatic rings. The Hall–Kier alpha value is -3.52. The van der Waals surface area contributed by atoms with Crippen molar-refractivity contribution in [3.63, 3.8) is 0 Å². The Balaban J connectivity index is 2.00. The highest BCUT2D eigenvalue weighted by atomic mass is 16.3. The van der Waals surface area contributed by atoms with Gasteiger partial charge in [0.1, 0.15) is 11.5 Å². The summed E-state index contributed by atoms with van der Waals surface area (Å²) >= 11 is 0. The van der Waals surface area contributed by atoms with Gasteiger partial charge in [0.15, 0.2) is 0 Å². The smallest absolute Gasteiger partial charge is 0.123 e. The highest BCUT2D eigenvalue weighted by Crippen LogP contribution is 2.58. The molecule has 0 fully saturated rings. The van der Waals surface area contributed by atoms with Crippen molar-refractivity contribution in [3.05, 3.63) is 118 Å². The van der Waals surface area contributed by atoms with E-state index in [1.54, 1.807) is 6.07 Å². The number of hydrogen-bond acceptors (Lipinski definition) is 2. The Bertz CT molecular complexity index is 1210. The zero-order valence-electron chi connectivity index (χ0n) is 16.5. The Morgan fingerprint density at radius 1 is 0.586 bits per heavy atom. The summed E-state index contributed by atoms with van der Waals surface area (Å²) in [4.78, 5) is 0. The predicted octanol–water partition coefficient (Wildman–Crippen LogP) is 6.08. The van der Waals surface area contributed by atoms with Crippen molar-refractivity contribution in [2.24, 2.45) is 0 Å². The number of aromatic hydroxyl groups is 2. The van der Waals surface area contributed by atoms with Crippen LogP contribution in [0.15, 0.2) is 84.9 Å². The summed E-state index contributed by atoms with van der Waals surface area (Å²) in [5.41, 5.74) is 7.55. The lowest BCUT2D eigenvalue weighted by Gasteiger charge is -2.35. The number of para-hydroxylation sites is 1. The van der Waals surface area contributed by atoms with E-state index in [0.717, 1.165) is 33.4 Å². The van der Waals surface area contributed by atoms with Gasteiger partial charge in [-0.05, 0) is 58.9 Å². The van der Waals surface area contributed by atoms with Crippen LogP contribution in [0.2, 0.25) is 0 Å². The molecule has 5 rings (SSSR count). The molecule has 0 radical (unpaired) electrons. The topological polar surface area (TPSA) is 40.5 Å². The SMILES string of the molecule is Cc1cc(C2(c3cccc(C)c3O)c3ccccc3-c3ccccc32)ccc1O. The molecule has 0 unspecified atom stereocenters. The number of phenols is 2. The number of benzene rings is 4. The molecule has 0 amide bonds. The van der Waals surface area contributed by atoms with Crippen molar-refractivity contribution in [1.82, 2.24) is 0 Å². The van der Waals surface area contributed by atoms with Gasteiger partial charge in [0.25, 0.3) is 0 Å². The molecular formula is C27H22O2. The van der Waals surface area contributed by atoms with Gasteiger partial charge in [-0.15, -0.1) is 0 Å². The van der Waals surface area contributed by atoms with Crippen LogP contribution in [0.4, 0.5) is 0 Å². The fourth-order valence-corrected chi connectivity index (χ4v) is 4.84. The summed E-state index contributed by atoms with van der Waals surface area (Å²) < 4.78 is 0. The number of rotatable bonds is 2. The fraction of sp³-hybridized carbons (Fsp3) is 0.111. The van der Waals surface area contributed by atoms with Gasteiger partial charge < -0.3 is 10.2 Å². The Morgan fingerprint density at radius 2 is 1.17 bits per heavy atom. The van der Waals surface area contributed by atoms with E-state index in [2.05, 4.69) is 48.5 Å². The molecule has 142 valence electrons. The van der Waals surface area contributed by atoms with E-state index in [9.17, 15) is 10.2 Å². The summed E-state index contributed by atoms with van der Waals surface area (Å²) in [6.45, 7) is 3.84. The molecule has 1 aliphatic carbocycles. The minimum atomic E-state index is -0.651. The maximum Gasteiger partial charge on any atom is 0.123 e. The van der Waals surface area contributed by atoms with Crippen LogP contribution in [0, 0.1) is 13.8 Å². The van der Waals surface area contributed by atoms with Crippen LogP contribution < -0.4 is 0 Å². The van der Waals surface area contributed by atoms with Gasteiger partial charge in [-0.2, -0.15) is 0 Å². The van der Waals surface area contributed by atoms with E-state index >= 15 is 0 Å². The molecular weight excluding hydrogens is 356 g/mol. The second-order valence-electron chi connectivity index (χ2n) is 7.81. The molecule has 0 spiro atoms. The molecule has 0 aliphatic heterocycles. The lowest BCUT2D eigenvalue weighted by Crippen LogP contribution is -2.29. The fourth-order valence-electron chi connectivity index (χ4n) is 4.84. The van der Waals surface area contributed by atoms with Gasteiger partial charge in [-0.3, -0.25) is 0 Å². The molecule has 0 aromatic heterocycles. The van der Waals surface area contributed by atoms with Crippen LogP contribution in [0.25, 0.3) is 11.1 Å². The van der Waals surface area contributed by atoms with Gasteiger partial charge in [0.05, 0.1) is 5.41 Å². The zero-order chi connectivity index (χ0) is 20.2. The average Bonchev–Trinajstić information content (AvgIpc) is 3.04. The minimum absolute atomic E-state index is 0.275. The molecule has 1 aliphatic rings. The number of fused-ring (bicyclic) bond motifs is 3. The predicted molar refractivity (Wildman–Crippen MR) is 117 cm³/mol. The Kier molecular flexibility index (Phi) is 3.78. The van der Waals surface area contributed by atoms with Crippen molar-refractivity contribution < 1.29 is 10.2 Å². The third-order valence-corrected chi connectivity index (χ3v) is 6.22. The molecule has 2 nitrogen and oxygen atoms in total. The van der Waals surface area contributed by atoms with Crippen molar-refractivity contribution in [1.29, 1.82) is 0 Å². The van der Waals surface area contributed by atoms with Crippen LogP contribution in [-0.4, -0.2) is 10.2 Å². The van der Waals surface area contributed by atoms with Crippen LogP contribution >= 0.6 is 0 Å². The van der Waals surface area contributed by atoms with Crippen molar-refractivity contribution in [2.75, 3.05) is 0 Å². The summed E-state index contributed by atoms with van der Waals surface area (Å²) in [7, 11) is 0. The molecule has 0 bridgehead atoms. The Labute approximate surface area is 170 Å². The number of aryl methyl sites for hydroxylation is 2. The molecule has 0 heterocycles. The zero-order valence-corrected chi connectivity index (χ0v) is 16.5. The second-order valence-corrected chi connectivity index (χ2v) is 7.81. The van der Waals surface area contributed by atoms with Crippen LogP contribution in [0.3, 0.4) is 0 Å². The summed E-state index contributed by atoms with van der Waals surface area (Å²) in [6, 6.07) is 28.5. The van der Waals surface area contributed by atoms with E-state index < -0.39 is 5.41 Å². The largest absolute Gasteiger partial charge is 0.508 e. The van der Waals surface area contributed by atoms with Gasteiger partial charge in [0, 0.05) is 5.56 Å². The lowest BCUT2D eigenvalue weighted by molar-refractivity contribution is 0.456.